The zero-order valence-corrected chi connectivity index (χ0v) is 12.8. The van der Waals surface area contributed by atoms with Gasteiger partial charge >= 0.3 is 5.97 Å². The second-order valence-corrected chi connectivity index (χ2v) is 4.63. The van der Waals surface area contributed by atoms with E-state index in [1.165, 1.54) is 26.2 Å². The number of carbonyl (C=O) groups is 2. The van der Waals surface area contributed by atoms with E-state index >= 15 is 0 Å². The summed E-state index contributed by atoms with van der Waals surface area (Å²) in [5.74, 6) is -0.133. The van der Waals surface area contributed by atoms with E-state index in [1.807, 2.05) is 0 Å². The second-order valence-electron chi connectivity index (χ2n) is 4.63. The molecule has 1 unspecified atom stereocenters. The van der Waals surface area contributed by atoms with Crippen LogP contribution >= 0.6 is 0 Å². The quantitative estimate of drug-likeness (QED) is 0.826. The largest absolute Gasteiger partial charge is 0.493 e. The third-order valence-corrected chi connectivity index (χ3v) is 3.34. The predicted molar refractivity (Wildman–Crippen MR) is 77.7 cm³/mol. The molecular weight excluding hydrogens is 274 g/mol. The minimum Gasteiger partial charge on any atom is -0.493 e. The first-order valence-corrected chi connectivity index (χ1v) is 6.63. The molecule has 0 saturated heterocycles. The monoisotopic (exact) mass is 295 g/mol. The van der Waals surface area contributed by atoms with Crippen molar-refractivity contribution >= 4 is 11.9 Å². The van der Waals surface area contributed by atoms with Crippen LogP contribution < -0.4 is 9.47 Å². The van der Waals surface area contributed by atoms with Crippen molar-refractivity contribution in [2.75, 3.05) is 21.3 Å². The molecule has 0 aliphatic rings. The fourth-order valence-electron chi connectivity index (χ4n) is 2.08. The molecule has 0 bridgehead atoms. The van der Waals surface area contributed by atoms with Crippen LogP contribution in [0.25, 0.3) is 0 Å². The molecule has 1 aromatic carbocycles. The Bertz CT molecular complexity index is 515. The molecule has 116 valence electrons. The molecule has 0 saturated carbocycles. The highest BCUT2D eigenvalue weighted by molar-refractivity contribution is 5.84. The summed E-state index contributed by atoms with van der Waals surface area (Å²) < 4.78 is 10.3. The molecule has 0 fully saturated rings. The molecule has 1 atom stereocenters. The van der Waals surface area contributed by atoms with E-state index in [-0.39, 0.29) is 12.3 Å². The molecule has 1 aromatic rings. The molecule has 0 heterocycles. The van der Waals surface area contributed by atoms with Crippen molar-refractivity contribution in [3.63, 3.8) is 0 Å². The maximum atomic E-state index is 12.2. The summed E-state index contributed by atoms with van der Waals surface area (Å²) in [5.41, 5.74) is 0.741. The maximum Gasteiger partial charge on any atom is 0.326 e. The van der Waals surface area contributed by atoms with Crippen molar-refractivity contribution in [2.45, 2.75) is 25.8 Å². The molecule has 1 amide bonds. The van der Waals surface area contributed by atoms with Crippen LogP contribution in [0.15, 0.2) is 18.2 Å². The van der Waals surface area contributed by atoms with E-state index < -0.39 is 12.0 Å². The van der Waals surface area contributed by atoms with Gasteiger partial charge in [0.25, 0.3) is 0 Å². The van der Waals surface area contributed by atoms with Gasteiger partial charge in [-0.05, 0) is 24.1 Å². The van der Waals surface area contributed by atoms with Crippen molar-refractivity contribution in [1.82, 2.24) is 4.90 Å². The van der Waals surface area contributed by atoms with Crippen LogP contribution in [-0.2, 0) is 16.0 Å². The number of hydrogen-bond acceptors (Lipinski definition) is 4. The Morgan fingerprint density at radius 3 is 2.33 bits per heavy atom. The minimum absolute atomic E-state index is 0.112. The third kappa shape index (κ3) is 4.11. The summed E-state index contributed by atoms with van der Waals surface area (Å²) in [7, 11) is 4.56. The van der Waals surface area contributed by atoms with E-state index in [1.54, 1.807) is 25.1 Å². The summed E-state index contributed by atoms with van der Waals surface area (Å²) in [5, 5.41) is 9.08. The summed E-state index contributed by atoms with van der Waals surface area (Å²) in [6.07, 6.45) is 0.476. The number of methoxy groups -OCH3 is 2. The van der Waals surface area contributed by atoms with Crippen LogP contribution in [0, 0.1) is 0 Å². The highest BCUT2D eigenvalue weighted by Gasteiger charge is 2.24. The number of amides is 1. The van der Waals surface area contributed by atoms with E-state index in [9.17, 15) is 9.59 Å². The first-order chi connectivity index (χ1) is 9.94. The van der Waals surface area contributed by atoms with Gasteiger partial charge in [-0.3, -0.25) is 4.79 Å². The lowest BCUT2D eigenvalue weighted by molar-refractivity contribution is -0.148. The number of benzene rings is 1. The average Bonchev–Trinajstić information content (AvgIpc) is 2.47. The first-order valence-electron chi connectivity index (χ1n) is 6.63. The highest BCUT2D eigenvalue weighted by Crippen LogP contribution is 2.27. The number of carboxylic acids is 1. The molecule has 6 heteroatoms. The van der Waals surface area contributed by atoms with Crippen molar-refractivity contribution in [3.05, 3.63) is 23.8 Å². The minimum atomic E-state index is -0.999. The second kappa shape index (κ2) is 7.52. The zero-order valence-electron chi connectivity index (χ0n) is 12.8. The van der Waals surface area contributed by atoms with Crippen LogP contribution in [0.3, 0.4) is 0 Å². The van der Waals surface area contributed by atoms with Gasteiger partial charge in [-0.1, -0.05) is 13.0 Å². The van der Waals surface area contributed by atoms with Crippen LogP contribution in [-0.4, -0.2) is 49.2 Å². The fourth-order valence-corrected chi connectivity index (χ4v) is 2.08. The zero-order chi connectivity index (χ0) is 16.0. The summed E-state index contributed by atoms with van der Waals surface area (Å²) in [6, 6.07) is 4.38. The molecule has 0 radical (unpaired) electrons. The molecule has 0 aromatic heterocycles. The van der Waals surface area contributed by atoms with Gasteiger partial charge in [0.1, 0.15) is 6.04 Å². The molecular formula is C15H21NO5. The Morgan fingerprint density at radius 1 is 1.24 bits per heavy atom. The molecule has 0 aliphatic heterocycles. The van der Waals surface area contributed by atoms with Gasteiger partial charge < -0.3 is 19.5 Å². The molecule has 0 spiro atoms. The van der Waals surface area contributed by atoms with Crippen molar-refractivity contribution < 1.29 is 24.2 Å². The topological polar surface area (TPSA) is 76.1 Å². The van der Waals surface area contributed by atoms with Gasteiger partial charge in [0.05, 0.1) is 20.6 Å². The van der Waals surface area contributed by atoms with Gasteiger partial charge in [-0.2, -0.15) is 0 Å². The summed E-state index contributed by atoms with van der Waals surface area (Å²) in [4.78, 5) is 24.5. The number of ether oxygens (including phenoxy) is 2. The fraction of sp³-hybridized carbons (Fsp3) is 0.467. The third-order valence-electron chi connectivity index (χ3n) is 3.34. The van der Waals surface area contributed by atoms with Gasteiger partial charge in [-0.15, -0.1) is 0 Å². The maximum absolute atomic E-state index is 12.2. The van der Waals surface area contributed by atoms with Gasteiger partial charge in [0.15, 0.2) is 11.5 Å². The number of likely N-dealkylation sites (N-methyl/N-ethyl adjacent to an activating group) is 1. The highest BCUT2D eigenvalue weighted by atomic mass is 16.5. The standard InChI is InChI=1S/C15H21NO5/c1-5-11(15(18)19)16(2)14(17)9-10-6-7-12(20-3)13(8-10)21-4/h6-8,11H,5,9H2,1-4H3,(H,18,19). The van der Waals surface area contributed by atoms with E-state index in [0.717, 1.165) is 5.56 Å². The van der Waals surface area contributed by atoms with Crippen molar-refractivity contribution in [1.29, 1.82) is 0 Å². The lowest BCUT2D eigenvalue weighted by Gasteiger charge is -2.24. The molecule has 1 rings (SSSR count). The Kier molecular flexibility index (Phi) is 6.02. The molecule has 1 N–H and O–H groups in total. The Morgan fingerprint density at radius 2 is 1.86 bits per heavy atom. The smallest absolute Gasteiger partial charge is 0.326 e. The number of carboxylic acid groups (broad SMARTS) is 1. The first kappa shape index (κ1) is 16.8. The Balaban J connectivity index is 2.85. The van der Waals surface area contributed by atoms with Crippen molar-refractivity contribution in [3.8, 4) is 11.5 Å². The molecule has 6 nitrogen and oxygen atoms in total. The lowest BCUT2D eigenvalue weighted by Crippen LogP contribution is -2.42. The average molecular weight is 295 g/mol. The number of rotatable bonds is 7. The predicted octanol–water partition coefficient (Wildman–Crippen LogP) is 1.57. The van der Waals surface area contributed by atoms with Gasteiger partial charge in [-0.25, -0.2) is 4.79 Å². The van der Waals surface area contributed by atoms with Crippen LogP contribution in [0.2, 0.25) is 0 Å². The van der Waals surface area contributed by atoms with Crippen LogP contribution in [0.4, 0.5) is 0 Å². The number of carbonyl (C=O) groups excluding carboxylic acids is 1. The number of nitrogens with zero attached hydrogens (tertiary/aromatic N) is 1. The van der Waals surface area contributed by atoms with Gasteiger partial charge in [0, 0.05) is 7.05 Å². The summed E-state index contributed by atoms with van der Waals surface area (Å²) in [6.45, 7) is 1.74. The normalized spacial score (nSPS) is 11.6. The van der Waals surface area contributed by atoms with E-state index in [0.29, 0.717) is 17.9 Å². The number of hydrogen-bond donors (Lipinski definition) is 1. The van der Waals surface area contributed by atoms with E-state index in [2.05, 4.69) is 0 Å². The summed E-state index contributed by atoms with van der Waals surface area (Å²) >= 11 is 0. The number of aliphatic carboxylic acids is 1. The van der Waals surface area contributed by atoms with Crippen LogP contribution in [0.5, 0.6) is 11.5 Å². The Labute approximate surface area is 124 Å². The molecule has 21 heavy (non-hydrogen) atoms. The molecule has 0 aliphatic carbocycles. The Hall–Kier alpha value is -2.24. The lowest BCUT2D eigenvalue weighted by atomic mass is 10.1. The van der Waals surface area contributed by atoms with Crippen molar-refractivity contribution in [2.24, 2.45) is 0 Å². The van der Waals surface area contributed by atoms with Gasteiger partial charge in [0.2, 0.25) is 5.91 Å². The SMILES string of the molecule is CCC(C(=O)O)N(C)C(=O)Cc1ccc(OC)c(OC)c1. The van der Waals surface area contributed by atoms with E-state index in [4.69, 9.17) is 14.6 Å². The van der Waals surface area contributed by atoms with Crippen LogP contribution in [0.1, 0.15) is 18.9 Å².